The Morgan fingerprint density at radius 2 is 2.31 bits per heavy atom. The Balaban J connectivity index is 3.01. The molecule has 0 saturated carbocycles. The van der Waals surface area contributed by atoms with Crippen molar-refractivity contribution in [2.45, 2.75) is 6.43 Å². The van der Waals surface area contributed by atoms with Crippen molar-refractivity contribution >= 4 is 17.4 Å². The van der Waals surface area contributed by atoms with Crippen LogP contribution in [0.3, 0.4) is 0 Å². The molecule has 0 saturated heterocycles. The molecule has 16 heavy (non-hydrogen) atoms. The van der Waals surface area contributed by atoms with Crippen LogP contribution in [0.15, 0.2) is 17.2 Å². The molecule has 1 rings (SSSR count). The number of anilines is 1. The van der Waals surface area contributed by atoms with E-state index in [1.165, 1.54) is 28.9 Å². The van der Waals surface area contributed by atoms with Crippen LogP contribution < -0.4 is 10.5 Å². The zero-order valence-corrected chi connectivity index (χ0v) is 9.49. The van der Waals surface area contributed by atoms with Gasteiger partial charge in [0.15, 0.2) is 5.82 Å². The van der Waals surface area contributed by atoms with Gasteiger partial charge in [-0.1, -0.05) is 0 Å². The molecule has 1 aromatic heterocycles. The number of aromatic nitrogens is 2. The Morgan fingerprint density at radius 3 is 2.88 bits per heavy atom. The summed E-state index contributed by atoms with van der Waals surface area (Å²) in [5.41, 5.74) is -0.409. The third-order valence-corrected chi connectivity index (χ3v) is 2.18. The summed E-state index contributed by atoms with van der Waals surface area (Å²) in [6, 6.07) is 0. The third kappa shape index (κ3) is 3.16. The molecule has 0 unspecified atom stereocenters. The van der Waals surface area contributed by atoms with E-state index in [0.29, 0.717) is 0 Å². The number of rotatable bonds is 5. The van der Waals surface area contributed by atoms with Crippen LogP contribution in [0.5, 0.6) is 0 Å². The molecule has 7 heteroatoms. The van der Waals surface area contributed by atoms with Crippen LogP contribution in [0.1, 0.15) is 0 Å². The van der Waals surface area contributed by atoms with Crippen molar-refractivity contribution < 1.29 is 8.78 Å². The second kappa shape index (κ2) is 5.79. The van der Waals surface area contributed by atoms with E-state index in [2.05, 4.69) is 4.98 Å². The Hall–Kier alpha value is -1.17. The molecule has 0 N–H and O–H groups in total. The highest BCUT2D eigenvalue weighted by Gasteiger charge is 2.16. The van der Waals surface area contributed by atoms with Gasteiger partial charge in [0.25, 0.3) is 12.0 Å². The van der Waals surface area contributed by atoms with Crippen molar-refractivity contribution in [3.05, 3.63) is 22.7 Å². The fourth-order valence-electron chi connectivity index (χ4n) is 1.25. The SMILES string of the molecule is Cn1ccnc(N(CCCl)CC(F)F)c1=O. The number of hydrogen-bond donors (Lipinski definition) is 0. The minimum Gasteiger partial charge on any atom is -0.345 e. The van der Waals surface area contributed by atoms with Gasteiger partial charge in [-0.3, -0.25) is 4.79 Å². The maximum absolute atomic E-state index is 12.3. The van der Waals surface area contributed by atoms with E-state index in [9.17, 15) is 13.6 Å². The quantitative estimate of drug-likeness (QED) is 0.736. The van der Waals surface area contributed by atoms with Crippen LogP contribution in [0.2, 0.25) is 0 Å². The van der Waals surface area contributed by atoms with Crippen LogP contribution in [0.25, 0.3) is 0 Å². The minimum absolute atomic E-state index is 0.00551. The largest absolute Gasteiger partial charge is 0.345 e. The summed E-state index contributed by atoms with van der Waals surface area (Å²) in [5.74, 6) is 0.165. The highest BCUT2D eigenvalue weighted by Crippen LogP contribution is 2.06. The Kier molecular flexibility index (Phi) is 4.67. The first-order valence-electron chi connectivity index (χ1n) is 4.67. The van der Waals surface area contributed by atoms with Gasteiger partial charge in [0.2, 0.25) is 0 Å². The number of hydrogen-bond acceptors (Lipinski definition) is 3. The summed E-state index contributed by atoms with van der Waals surface area (Å²) < 4.78 is 25.9. The van der Waals surface area contributed by atoms with Gasteiger partial charge in [0.1, 0.15) is 0 Å². The standard InChI is InChI=1S/C9H12ClF2N3O/c1-14-5-3-13-8(9(14)16)15(4-2-10)6-7(11)12/h3,5,7H,2,4,6H2,1H3. The Labute approximate surface area is 96.5 Å². The van der Waals surface area contributed by atoms with Gasteiger partial charge in [-0.15, -0.1) is 11.6 Å². The molecule has 0 aromatic carbocycles. The molecule has 1 aromatic rings. The van der Waals surface area contributed by atoms with E-state index in [1.54, 1.807) is 0 Å². The monoisotopic (exact) mass is 251 g/mol. The van der Waals surface area contributed by atoms with Crippen LogP contribution in [0, 0.1) is 0 Å². The van der Waals surface area contributed by atoms with Crippen molar-refractivity contribution in [3.63, 3.8) is 0 Å². The normalized spacial score (nSPS) is 10.8. The summed E-state index contributed by atoms with van der Waals surface area (Å²) >= 11 is 5.50. The van der Waals surface area contributed by atoms with Gasteiger partial charge < -0.3 is 9.47 Å². The predicted octanol–water partition coefficient (Wildman–Crippen LogP) is 1.09. The summed E-state index contributed by atoms with van der Waals surface area (Å²) in [6.07, 6.45) is 0.325. The molecule has 1 heterocycles. The second-order valence-electron chi connectivity index (χ2n) is 3.19. The average molecular weight is 252 g/mol. The Morgan fingerprint density at radius 1 is 1.62 bits per heavy atom. The molecule has 0 bridgehead atoms. The van der Waals surface area contributed by atoms with Gasteiger partial charge >= 0.3 is 0 Å². The van der Waals surface area contributed by atoms with E-state index in [4.69, 9.17) is 11.6 Å². The van der Waals surface area contributed by atoms with Crippen LogP contribution >= 0.6 is 11.6 Å². The molecule has 0 aliphatic heterocycles. The average Bonchev–Trinajstić information content (AvgIpc) is 2.21. The van der Waals surface area contributed by atoms with Gasteiger partial charge in [-0.25, -0.2) is 13.8 Å². The molecular formula is C9H12ClF2N3O. The zero-order chi connectivity index (χ0) is 12.1. The summed E-state index contributed by atoms with van der Waals surface area (Å²) in [7, 11) is 1.54. The Bertz CT molecular complexity index is 397. The van der Waals surface area contributed by atoms with Crippen molar-refractivity contribution in [1.29, 1.82) is 0 Å². The summed E-state index contributed by atoms with van der Waals surface area (Å²) in [4.78, 5) is 16.6. The van der Waals surface area contributed by atoms with E-state index in [0.717, 1.165) is 0 Å². The molecular weight excluding hydrogens is 240 g/mol. The van der Waals surface area contributed by atoms with Gasteiger partial charge in [0, 0.05) is 31.9 Å². The number of alkyl halides is 3. The molecule has 0 atom stereocenters. The topological polar surface area (TPSA) is 38.1 Å². The minimum atomic E-state index is -2.53. The molecule has 0 radical (unpaired) electrons. The first kappa shape index (κ1) is 12.9. The first-order chi connectivity index (χ1) is 7.56. The summed E-state index contributed by atoms with van der Waals surface area (Å²) in [5, 5.41) is 0. The lowest BCUT2D eigenvalue weighted by Crippen LogP contribution is -2.37. The fraction of sp³-hybridized carbons (Fsp3) is 0.556. The van der Waals surface area contributed by atoms with E-state index in [1.807, 2.05) is 0 Å². The first-order valence-corrected chi connectivity index (χ1v) is 5.20. The van der Waals surface area contributed by atoms with Crippen molar-refractivity contribution in [3.8, 4) is 0 Å². The van der Waals surface area contributed by atoms with E-state index < -0.39 is 18.5 Å². The predicted molar refractivity (Wildman–Crippen MR) is 58.4 cm³/mol. The van der Waals surface area contributed by atoms with Crippen LogP contribution in [-0.4, -0.2) is 34.9 Å². The van der Waals surface area contributed by atoms with Crippen molar-refractivity contribution in [1.82, 2.24) is 9.55 Å². The van der Waals surface area contributed by atoms with E-state index in [-0.39, 0.29) is 18.2 Å². The van der Waals surface area contributed by atoms with Gasteiger partial charge in [0.05, 0.1) is 6.54 Å². The highest BCUT2D eigenvalue weighted by molar-refractivity contribution is 6.18. The zero-order valence-electron chi connectivity index (χ0n) is 8.74. The summed E-state index contributed by atoms with van der Waals surface area (Å²) in [6.45, 7) is -0.378. The lowest BCUT2D eigenvalue weighted by atomic mass is 10.4. The highest BCUT2D eigenvalue weighted by atomic mass is 35.5. The molecule has 0 aliphatic carbocycles. The molecule has 90 valence electrons. The smallest absolute Gasteiger partial charge is 0.293 e. The fourth-order valence-corrected chi connectivity index (χ4v) is 1.46. The number of aryl methyl sites for hydroxylation is 1. The molecule has 4 nitrogen and oxygen atoms in total. The van der Waals surface area contributed by atoms with Crippen LogP contribution in [-0.2, 0) is 7.05 Å². The van der Waals surface area contributed by atoms with Crippen molar-refractivity contribution in [2.75, 3.05) is 23.9 Å². The third-order valence-electron chi connectivity index (χ3n) is 2.01. The number of nitrogens with zero attached hydrogens (tertiary/aromatic N) is 3. The molecule has 0 spiro atoms. The van der Waals surface area contributed by atoms with E-state index >= 15 is 0 Å². The maximum Gasteiger partial charge on any atom is 0.293 e. The number of halogens is 3. The van der Waals surface area contributed by atoms with Crippen LogP contribution in [0.4, 0.5) is 14.6 Å². The molecule has 0 aliphatic rings. The lowest BCUT2D eigenvalue weighted by Gasteiger charge is -2.21. The second-order valence-corrected chi connectivity index (χ2v) is 3.57. The van der Waals surface area contributed by atoms with Gasteiger partial charge in [-0.2, -0.15) is 0 Å². The van der Waals surface area contributed by atoms with Gasteiger partial charge in [-0.05, 0) is 0 Å². The van der Waals surface area contributed by atoms with Crippen molar-refractivity contribution in [2.24, 2.45) is 7.05 Å². The lowest BCUT2D eigenvalue weighted by molar-refractivity contribution is 0.155. The maximum atomic E-state index is 12.3. The molecule has 0 fully saturated rings. The molecule has 0 amide bonds.